The fourth-order valence-electron chi connectivity index (χ4n) is 2.32. The van der Waals surface area contributed by atoms with Crippen LogP contribution < -0.4 is 15.4 Å². The maximum Gasteiger partial charge on any atom is 0.416 e. The van der Waals surface area contributed by atoms with Crippen LogP contribution in [0.1, 0.15) is 28.1 Å². The van der Waals surface area contributed by atoms with Crippen LogP contribution in [0.15, 0.2) is 29.3 Å². The number of ether oxygens (including phenoxy) is 1. The summed E-state index contributed by atoms with van der Waals surface area (Å²) >= 11 is 1.58. The van der Waals surface area contributed by atoms with E-state index in [1.165, 1.54) is 12.1 Å². The number of alkyl halides is 3. The van der Waals surface area contributed by atoms with E-state index in [1.54, 1.807) is 11.3 Å². The van der Waals surface area contributed by atoms with Crippen molar-refractivity contribution in [3.63, 3.8) is 0 Å². The van der Waals surface area contributed by atoms with Gasteiger partial charge >= 0.3 is 6.18 Å². The van der Waals surface area contributed by atoms with Crippen molar-refractivity contribution in [2.24, 2.45) is 4.99 Å². The van der Waals surface area contributed by atoms with E-state index >= 15 is 0 Å². The summed E-state index contributed by atoms with van der Waals surface area (Å²) in [6.45, 7) is 6.89. The van der Waals surface area contributed by atoms with Crippen molar-refractivity contribution < 1.29 is 23.0 Å². The highest BCUT2D eigenvalue weighted by Crippen LogP contribution is 2.31. The number of hydrogen-bond acceptors (Lipinski definition) is 5. The second-order valence-corrected chi connectivity index (χ2v) is 7.60. The van der Waals surface area contributed by atoms with Gasteiger partial charge in [0.05, 0.1) is 17.8 Å². The van der Waals surface area contributed by atoms with E-state index in [-0.39, 0.29) is 18.9 Å². The van der Waals surface area contributed by atoms with Gasteiger partial charge < -0.3 is 20.5 Å². The number of rotatable bonds is 8. The molecule has 29 heavy (non-hydrogen) atoms. The van der Waals surface area contributed by atoms with Gasteiger partial charge in [0.25, 0.3) is 0 Å². The molecular formula is C19H25F3N4O2S. The van der Waals surface area contributed by atoms with E-state index in [4.69, 9.17) is 4.74 Å². The van der Waals surface area contributed by atoms with Gasteiger partial charge in [0.1, 0.15) is 23.5 Å². The molecule has 3 N–H and O–H groups in total. The van der Waals surface area contributed by atoms with Gasteiger partial charge in [-0.2, -0.15) is 13.2 Å². The Morgan fingerprint density at radius 2 is 2.07 bits per heavy atom. The van der Waals surface area contributed by atoms with Gasteiger partial charge in [-0.3, -0.25) is 0 Å². The standard InChI is InChI=1S/C19H25F3N4O2S/c1-4-23-18(25-10-17-26-12(2)13(3)29-17)24-9-15(27)11-28-16-7-5-6-14(8-16)19(20,21)22/h5-8,15,27H,4,9-11H2,1-3H3,(H2,23,24,25). The van der Waals surface area contributed by atoms with Gasteiger partial charge in [-0.15, -0.1) is 11.3 Å². The SMILES string of the molecule is CCNC(=NCc1nc(C)c(C)s1)NCC(O)COc1cccc(C(F)(F)F)c1. The molecule has 0 bridgehead atoms. The fraction of sp³-hybridized carbons (Fsp3) is 0.474. The molecule has 0 saturated carbocycles. The first-order valence-corrected chi connectivity index (χ1v) is 9.94. The molecule has 0 spiro atoms. The molecule has 10 heteroatoms. The lowest BCUT2D eigenvalue weighted by Crippen LogP contribution is -2.42. The molecule has 0 radical (unpaired) electrons. The molecular weight excluding hydrogens is 405 g/mol. The van der Waals surface area contributed by atoms with Crippen LogP contribution in [0.25, 0.3) is 0 Å². The van der Waals surface area contributed by atoms with Crippen LogP contribution in [-0.4, -0.2) is 41.9 Å². The van der Waals surface area contributed by atoms with E-state index < -0.39 is 17.8 Å². The zero-order valence-electron chi connectivity index (χ0n) is 16.5. The van der Waals surface area contributed by atoms with Crippen molar-refractivity contribution in [3.05, 3.63) is 45.4 Å². The number of aromatic nitrogens is 1. The molecule has 0 saturated heterocycles. The van der Waals surface area contributed by atoms with Crippen molar-refractivity contribution in [2.75, 3.05) is 19.7 Å². The van der Waals surface area contributed by atoms with E-state index in [1.807, 2.05) is 20.8 Å². The maximum absolute atomic E-state index is 12.7. The minimum atomic E-state index is -4.44. The molecule has 1 aromatic heterocycles. The number of nitrogens with one attached hydrogen (secondary N) is 2. The summed E-state index contributed by atoms with van der Waals surface area (Å²) < 4.78 is 43.5. The van der Waals surface area contributed by atoms with E-state index in [2.05, 4.69) is 20.6 Å². The molecule has 2 aromatic rings. The topological polar surface area (TPSA) is 78.8 Å². The van der Waals surface area contributed by atoms with Crippen molar-refractivity contribution in [1.29, 1.82) is 0 Å². The number of aliphatic hydroxyl groups is 1. The zero-order chi connectivity index (χ0) is 21.4. The van der Waals surface area contributed by atoms with Crippen molar-refractivity contribution in [2.45, 2.75) is 39.6 Å². The molecule has 1 aromatic carbocycles. The molecule has 0 aliphatic rings. The summed E-state index contributed by atoms with van der Waals surface area (Å²) in [5, 5.41) is 17.0. The second kappa shape index (κ2) is 10.4. The summed E-state index contributed by atoms with van der Waals surface area (Å²) in [5.74, 6) is 0.560. The smallest absolute Gasteiger partial charge is 0.416 e. The Morgan fingerprint density at radius 1 is 1.31 bits per heavy atom. The lowest BCUT2D eigenvalue weighted by Gasteiger charge is -2.16. The number of hydrogen-bond donors (Lipinski definition) is 3. The van der Waals surface area contributed by atoms with Crippen LogP contribution in [0.4, 0.5) is 13.2 Å². The van der Waals surface area contributed by atoms with Gasteiger partial charge in [0, 0.05) is 18.0 Å². The average molecular weight is 430 g/mol. The van der Waals surface area contributed by atoms with Gasteiger partial charge in [-0.05, 0) is 39.0 Å². The Bertz CT molecular complexity index is 805. The largest absolute Gasteiger partial charge is 0.491 e. The van der Waals surface area contributed by atoms with E-state index in [9.17, 15) is 18.3 Å². The minimum Gasteiger partial charge on any atom is -0.491 e. The van der Waals surface area contributed by atoms with Crippen LogP contribution in [-0.2, 0) is 12.7 Å². The van der Waals surface area contributed by atoms with E-state index in [0.29, 0.717) is 19.0 Å². The summed E-state index contributed by atoms with van der Waals surface area (Å²) in [5.41, 5.74) is 0.192. The first kappa shape index (κ1) is 23.0. The molecule has 1 heterocycles. The van der Waals surface area contributed by atoms with Crippen LogP contribution in [0, 0.1) is 13.8 Å². The predicted octanol–water partition coefficient (Wildman–Crippen LogP) is 3.27. The van der Waals surface area contributed by atoms with Gasteiger partial charge in [-0.25, -0.2) is 9.98 Å². The summed E-state index contributed by atoms with van der Waals surface area (Å²) in [4.78, 5) is 10.0. The number of aliphatic hydroxyl groups excluding tert-OH is 1. The lowest BCUT2D eigenvalue weighted by molar-refractivity contribution is -0.137. The zero-order valence-corrected chi connectivity index (χ0v) is 17.3. The maximum atomic E-state index is 12.7. The van der Waals surface area contributed by atoms with Crippen LogP contribution in [0.2, 0.25) is 0 Å². The number of aliphatic imine (C=N–C) groups is 1. The lowest BCUT2D eigenvalue weighted by atomic mass is 10.2. The molecule has 0 aliphatic carbocycles. The second-order valence-electron chi connectivity index (χ2n) is 6.32. The number of aryl methyl sites for hydroxylation is 2. The van der Waals surface area contributed by atoms with Gasteiger partial charge in [0.2, 0.25) is 0 Å². The Morgan fingerprint density at radius 3 is 2.69 bits per heavy atom. The molecule has 0 fully saturated rings. The Hall–Kier alpha value is -2.33. The minimum absolute atomic E-state index is 0.0500. The molecule has 160 valence electrons. The highest BCUT2D eigenvalue weighted by atomic mass is 32.1. The summed E-state index contributed by atoms with van der Waals surface area (Å²) in [6.07, 6.45) is -5.37. The molecule has 1 atom stereocenters. The number of nitrogens with zero attached hydrogens (tertiary/aromatic N) is 2. The Labute approximate surface area is 171 Å². The molecule has 0 aliphatic heterocycles. The first-order valence-electron chi connectivity index (χ1n) is 9.12. The molecule has 6 nitrogen and oxygen atoms in total. The van der Waals surface area contributed by atoms with Crippen LogP contribution in [0.5, 0.6) is 5.75 Å². The van der Waals surface area contributed by atoms with Crippen molar-refractivity contribution >= 4 is 17.3 Å². The Kier molecular flexibility index (Phi) is 8.27. The quantitative estimate of drug-likeness (QED) is 0.443. The van der Waals surface area contributed by atoms with Crippen LogP contribution in [0.3, 0.4) is 0 Å². The fourth-order valence-corrected chi connectivity index (χ4v) is 3.18. The molecule has 0 amide bonds. The summed E-state index contributed by atoms with van der Waals surface area (Å²) in [6, 6.07) is 4.55. The van der Waals surface area contributed by atoms with Gasteiger partial charge in [0.15, 0.2) is 5.96 Å². The Balaban J connectivity index is 1.85. The summed E-state index contributed by atoms with van der Waals surface area (Å²) in [7, 11) is 0. The third kappa shape index (κ3) is 7.54. The predicted molar refractivity (Wildman–Crippen MR) is 107 cm³/mol. The number of halogens is 3. The third-order valence-corrected chi connectivity index (χ3v) is 4.96. The molecule has 2 rings (SSSR count). The highest BCUT2D eigenvalue weighted by molar-refractivity contribution is 7.11. The monoisotopic (exact) mass is 430 g/mol. The highest BCUT2D eigenvalue weighted by Gasteiger charge is 2.30. The molecule has 1 unspecified atom stereocenters. The first-order chi connectivity index (χ1) is 13.7. The van der Waals surface area contributed by atoms with Gasteiger partial charge in [-0.1, -0.05) is 6.07 Å². The van der Waals surface area contributed by atoms with Crippen molar-refractivity contribution in [1.82, 2.24) is 15.6 Å². The normalized spacial score (nSPS) is 13.3. The average Bonchev–Trinajstić information content (AvgIpc) is 2.99. The number of guanidine groups is 1. The number of benzene rings is 1. The third-order valence-electron chi connectivity index (χ3n) is 3.90. The van der Waals surface area contributed by atoms with E-state index in [0.717, 1.165) is 27.7 Å². The van der Waals surface area contributed by atoms with Crippen molar-refractivity contribution in [3.8, 4) is 5.75 Å². The van der Waals surface area contributed by atoms with Crippen LogP contribution >= 0.6 is 11.3 Å². The number of thiazole rings is 1.